The number of piperidine rings is 1. The molecular formula is C15H17N3O3. The number of primary amides is 1. The molecule has 2 heterocycles. The second-order valence-electron chi connectivity index (χ2n) is 5.40. The van der Waals surface area contributed by atoms with Crippen molar-refractivity contribution >= 4 is 28.5 Å². The van der Waals surface area contributed by atoms with Crippen LogP contribution in [0.4, 0.5) is 5.69 Å². The molecule has 3 rings (SSSR count). The van der Waals surface area contributed by atoms with Gasteiger partial charge in [-0.3, -0.25) is 9.59 Å². The van der Waals surface area contributed by atoms with Crippen LogP contribution in [0.1, 0.15) is 23.4 Å². The van der Waals surface area contributed by atoms with Crippen molar-refractivity contribution in [2.45, 2.75) is 12.8 Å². The van der Waals surface area contributed by atoms with Gasteiger partial charge in [0, 0.05) is 24.2 Å². The summed E-state index contributed by atoms with van der Waals surface area (Å²) >= 11 is 0. The number of fused-ring (bicyclic) bond motifs is 1. The molecule has 1 aromatic heterocycles. The van der Waals surface area contributed by atoms with Crippen molar-refractivity contribution < 1.29 is 14.0 Å². The Balaban J connectivity index is 1.84. The summed E-state index contributed by atoms with van der Waals surface area (Å²) in [7, 11) is 0. The summed E-state index contributed by atoms with van der Waals surface area (Å²) in [5.74, 6) is -0.580. The predicted octanol–water partition coefficient (Wildman–Crippen LogP) is 1.35. The summed E-state index contributed by atoms with van der Waals surface area (Å²) in [4.78, 5) is 25.4. The maximum atomic E-state index is 12.5. The van der Waals surface area contributed by atoms with Gasteiger partial charge in [-0.1, -0.05) is 0 Å². The molecule has 2 amide bonds. The highest BCUT2D eigenvalue weighted by molar-refractivity contribution is 5.97. The third-order valence-electron chi connectivity index (χ3n) is 3.86. The number of benzene rings is 1. The van der Waals surface area contributed by atoms with Crippen molar-refractivity contribution in [2.24, 2.45) is 11.7 Å². The van der Waals surface area contributed by atoms with Crippen LogP contribution in [0.15, 0.2) is 28.7 Å². The first-order valence-corrected chi connectivity index (χ1v) is 6.92. The molecule has 1 fully saturated rings. The summed E-state index contributed by atoms with van der Waals surface area (Å²) in [6.45, 7) is 0.967. The van der Waals surface area contributed by atoms with E-state index < -0.39 is 0 Å². The molecule has 1 atom stereocenters. The number of nitrogens with two attached hydrogens (primary N) is 2. The summed E-state index contributed by atoms with van der Waals surface area (Å²) in [6, 6.07) is 6.91. The number of furan rings is 1. The molecule has 0 spiro atoms. The van der Waals surface area contributed by atoms with Gasteiger partial charge in [-0.25, -0.2) is 0 Å². The smallest absolute Gasteiger partial charge is 0.289 e. The number of amides is 2. The molecule has 1 unspecified atom stereocenters. The van der Waals surface area contributed by atoms with E-state index in [1.54, 1.807) is 29.2 Å². The SMILES string of the molecule is NC(=O)C1CCCN(C(=O)c2cc3cc(N)ccc3o2)C1. The Morgan fingerprint density at radius 1 is 1.29 bits per heavy atom. The van der Waals surface area contributed by atoms with Crippen molar-refractivity contribution in [2.75, 3.05) is 18.8 Å². The van der Waals surface area contributed by atoms with Gasteiger partial charge in [0.1, 0.15) is 5.58 Å². The van der Waals surface area contributed by atoms with E-state index in [1.807, 2.05) is 0 Å². The second kappa shape index (κ2) is 5.12. The number of likely N-dealkylation sites (tertiary alicyclic amines) is 1. The quantitative estimate of drug-likeness (QED) is 0.814. The highest BCUT2D eigenvalue weighted by Gasteiger charge is 2.29. The molecular weight excluding hydrogens is 270 g/mol. The minimum absolute atomic E-state index is 0.212. The van der Waals surface area contributed by atoms with Crippen molar-refractivity contribution in [3.8, 4) is 0 Å². The number of nitrogens with zero attached hydrogens (tertiary/aromatic N) is 1. The Morgan fingerprint density at radius 3 is 2.86 bits per heavy atom. The summed E-state index contributed by atoms with van der Waals surface area (Å²) in [5.41, 5.74) is 12.3. The van der Waals surface area contributed by atoms with Gasteiger partial charge in [-0.2, -0.15) is 0 Å². The number of hydrogen-bond acceptors (Lipinski definition) is 4. The van der Waals surface area contributed by atoms with Gasteiger partial charge in [-0.05, 0) is 37.1 Å². The van der Waals surface area contributed by atoms with Crippen LogP contribution in [0, 0.1) is 5.92 Å². The minimum atomic E-state index is -0.357. The summed E-state index contributed by atoms with van der Waals surface area (Å²) < 4.78 is 5.57. The van der Waals surface area contributed by atoms with E-state index in [-0.39, 0.29) is 23.5 Å². The van der Waals surface area contributed by atoms with E-state index >= 15 is 0 Å². The largest absolute Gasteiger partial charge is 0.451 e. The van der Waals surface area contributed by atoms with Gasteiger partial charge in [0.05, 0.1) is 5.92 Å². The molecule has 110 valence electrons. The summed E-state index contributed by atoms with van der Waals surface area (Å²) in [5, 5.41) is 0.793. The number of rotatable bonds is 2. The first-order valence-electron chi connectivity index (χ1n) is 6.92. The first kappa shape index (κ1) is 13.5. The molecule has 0 aliphatic carbocycles. The Morgan fingerprint density at radius 2 is 2.10 bits per heavy atom. The fourth-order valence-corrected chi connectivity index (χ4v) is 2.72. The van der Waals surface area contributed by atoms with E-state index in [2.05, 4.69) is 0 Å². The zero-order valence-electron chi connectivity index (χ0n) is 11.5. The minimum Gasteiger partial charge on any atom is -0.451 e. The van der Waals surface area contributed by atoms with Crippen LogP contribution in [0.2, 0.25) is 0 Å². The van der Waals surface area contributed by atoms with Crippen LogP contribution in [0.5, 0.6) is 0 Å². The monoisotopic (exact) mass is 287 g/mol. The predicted molar refractivity (Wildman–Crippen MR) is 78.4 cm³/mol. The van der Waals surface area contributed by atoms with E-state index in [0.717, 1.165) is 18.2 Å². The molecule has 1 aromatic carbocycles. The standard InChI is InChI=1S/C15H17N3O3/c16-11-3-4-12-10(6-11)7-13(21-12)15(20)18-5-1-2-9(8-18)14(17)19/h3-4,6-7,9H,1-2,5,8,16H2,(H2,17,19). The molecule has 21 heavy (non-hydrogen) atoms. The molecule has 6 heteroatoms. The third-order valence-corrected chi connectivity index (χ3v) is 3.86. The maximum absolute atomic E-state index is 12.5. The molecule has 1 saturated heterocycles. The lowest BCUT2D eigenvalue weighted by Gasteiger charge is -2.30. The lowest BCUT2D eigenvalue weighted by atomic mass is 9.97. The van der Waals surface area contributed by atoms with Crippen LogP contribution in [-0.2, 0) is 4.79 Å². The van der Waals surface area contributed by atoms with Gasteiger partial charge in [0.25, 0.3) is 5.91 Å². The Labute approximate surface area is 121 Å². The van der Waals surface area contributed by atoms with Crippen molar-refractivity contribution in [3.63, 3.8) is 0 Å². The Hall–Kier alpha value is -2.50. The molecule has 0 saturated carbocycles. The lowest BCUT2D eigenvalue weighted by Crippen LogP contribution is -2.44. The first-order chi connectivity index (χ1) is 10.0. The van der Waals surface area contributed by atoms with Crippen LogP contribution >= 0.6 is 0 Å². The van der Waals surface area contributed by atoms with E-state index in [4.69, 9.17) is 15.9 Å². The van der Waals surface area contributed by atoms with Gasteiger partial charge < -0.3 is 20.8 Å². The number of nitrogen functional groups attached to an aromatic ring is 1. The maximum Gasteiger partial charge on any atom is 0.289 e. The molecule has 0 bridgehead atoms. The lowest BCUT2D eigenvalue weighted by molar-refractivity contribution is -0.123. The van der Waals surface area contributed by atoms with E-state index in [0.29, 0.717) is 24.4 Å². The third kappa shape index (κ3) is 2.56. The number of anilines is 1. The zero-order valence-corrected chi connectivity index (χ0v) is 11.5. The number of hydrogen-bond donors (Lipinski definition) is 2. The zero-order chi connectivity index (χ0) is 15.0. The number of carbonyl (C=O) groups is 2. The average Bonchev–Trinajstić information content (AvgIpc) is 2.89. The molecule has 6 nitrogen and oxygen atoms in total. The van der Waals surface area contributed by atoms with Gasteiger partial charge >= 0.3 is 0 Å². The topological polar surface area (TPSA) is 103 Å². The Kier molecular flexibility index (Phi) is 3.29. The summed E-state index contributed by atoms with van der Waals surface area (Å²) in [6.07, 6.45) is 1.50. The van der Waals surface area contributed by atoms with Crippen LogP contribution < -0.4 is 11.5 Å². The average molecular weight is 287 g/mol. The Bertz CT molecular complexity index is 707. The van der Waals surface area contributed by atoms with Gasteiger partial charge in [-0.15, -0.1) is 0 Å². The molecule has 2 aromatic rings. The molecule has 1 aliphatic heterocycles. The fourth-order valence-electron chi connectivity index (χ4n) is 2.72. The number of carbonyl (C=O) groups excluding carboxylic acids is 2. The highest BCUT2D eigenvalue weighted by Crippen LogP contribution is 2.24. The van der Waals surface area contributed by atoms with Crippen LogP contribution in [0.3, 0.4) is 0 Å². The second-order valence-corrected chi connectivity index (χ2v) is 5.40. The van der Waals surface area contributed by atoms with Crippen molar-refractivity contribution in [1.29, 1.82) is 0 Å². The van der Waals surface area contributed by atoms with Crippen molar-refractivity contribution in [3.05, 3.63) is 30.0 Å². The normalized spacial score (nSPS) is 18.9. The van der Waals surface area contributed by atoms with Crippen molar-refractivity contribution in [1.82, 2.24) is 4.90 Å². The molecule has 0 radical (unpaired) electrons. The fraction of sp³-hybridized carbons (Fsp3) is 0.333. The van der Waals surface area contributed by atoms with Gasteiger partial charge in [0.15, 0.2) is 5.76 Å². The molecule has 4 N–H and O–H groups in total. The van der Waals surface area contributed by atoms with Gasteiger partial charge in [0.2, 0.25) is 5.91 Å². The highest BCUT2D eigenvalue weighted by atomic mass is 16.3. The van der Waals surface area contributed by atoms with E-state index in [1.165, 1.54) is 0 Å². The van der Waals surface area contributed by atoms with Crippen LogP contribution in [0.25, 0.3) is 11.0 Å². The van der Waals surface area contributed by atoms with E-state index in [9.17, 15) is 9.59 Å². The molecule has 1 aliphatic rings. The van der Waals surface area contributed by atoms with Crippen LogP contribution in [-0.4, -0.2) is 29.8 Å².